The molecule has 1 N–H and O–H groups in total. The zero-order chi connectivity index (χ0) is 20.1. The summed E-state index contributed by atoms with van der Waals surface area (Å²) < 4.78 is 5.52. The number of ether oxygens (including phenoxy) is 1. The van der Waals surface area contributed by atoms with Gasteiger partial charge in [0, 0.05) is 17.4 Å². The average Bonchev–Trinajstić information content (AvgIpc) is 2.66. The standard InChI is InChI=1S/C22H19ClN2O3/c1-14-10-15(2)12-18(11-14)25-21(26)20(16-6-4-3-5-7-16)28-22(27)17-8-9-19(23)24-13-17/h3-13,20H,1-2H3,(H,25,26). The molecule has 1 aromatic heterocycles. The fraction of sp³-hybridized carbons (Fsp3) is 0.136. The van der Waals surface area contributed by atoms with Crippen molar-refractivity contribution in [3.05, 3.63) is 94.3 Å². The Morgan fingerprint density at radius 3 is 2.29 bits per heavy atom. The Hall–Kier alpha value is -3.18. The summed E-state index contributed by atoms with van der Waals surface area (Å²) in [4.78, 5) is 29.3. The molecule has 5 nitrogen and oxygen atoms in total. The van der Waals surface area contributed by atoms with Gasteiger partial charge in [-0.15, -0.1) is 0 Å². The van der Waals surface area contributed by atoms with Gasteiger partial charge < -0.3 is 10.1 Å². The van der Waals surface area contributed by atoms with Crippen LogP contribution in [-0.4, -0.2) is 16.9 Å². The van der Waals surface area contributed by atoms with E-state index in [9.17, 15) is 9.59 Å². The highest BCUT2D eigenvalue weighted by Gasteiger charge is 2.26. The average molecular weight is 395 g/mol. The van der Waals surface area contributed by atoms with Gasteiger partial charge in [0.2, 0.25) is 6.10 Å². The van der Waals surface area contributed by atoms with Gasteiger partial charge >= 0.3 is 5.97 Å². The smallest absolute Gasteiger partial charge is 0.340 e. The van der Waals surface area contributed by atoms with Crippen LogP contribution in [0.15, 0.2) is 66.9 Å². The number of hydrogen-bond acceptors (Lipinski definition) is 4. The predicted octanol–water partition coefficient (Wildman–Crippen LogP) is 4.89. The van der Waals surface area contributed by atoms with Gasteiger partial charge in [-0.05, 0) is 49.2 Å². The molecule has 0 fully saturated rings. The van der Waals surface area contributed by atoms with E-state index in [1.54, 1.807) is 24.3 Å². The van der Waals surface area contributed by atoms with Crippen LogP contribution >= 0.6 is 11.6 Å². The first-order valence-electron chi connectivity index (χ1n) is 8.69. The highest BCUT2D eigenvalue weighted by molar-refractivity contribution is 6.29. The first-order valence-corrected chi connectivity index (χ1v) is 9.07. The third kappa shape index (κ3) is 4.96. The van der Waals surface area contributed by atoms with Gasteiger partial charge in [0.15, 0.2) is 0 Å². The van der Waals surface area contributed by atoms with E-state index in [0.29, 0.717) is 11.3 Å². The summed E-state index contributed by atoms with van der Waals surface area (Å²) in [6, 6.07) is 17.6. The highest BCUT2D eigenvalue weighted by Crippen LogP contribution is 2.23. The van der Waals surface area contributed by atoms with E-state index in [1.165, 1.54) is 18.3 Å². The number of carbonyl (C=O) groups excluding carboxylic acids is 2. The highest BCUT2D eigenvalue weighted by atomic mass is 35.5. The molecule has 0 bridgehead atoms. The van der Waals surface area contributed by atoms with Crippen molar-refractivity contribution in [3.63, 3.8) is 0 Å². The van der Waals surface area contributed by atoms with Gasteiger partial charge in [0.1, 0.15) is 5.15 Å². The van der Waals surface area contributed by atoms with Crippen molar-refractivity contribution in [1.29, 1.82) is 0 Å². The number of pyridine rings is 1. The number of rotatable bonds is 5. The number of amides is 1. The molecule has 0 saturated carbocycles. The van der Waals surface area contributed by atoms with Crippen molar-refractivity contribution in [1.82, 2.24) is 4.98 Å². The van der Waals surface area contributed by atoms with Gasteiger partial charge in [-0.25, -0.2) is 9.78 Å². The van der Waals surface area contributed by atoms with Crippen LogP contribution in [0.5, 0.6) is 0 Å². The largest absolute Gasteiger partial charge is 0.444 e. The summed E-state index contributed by atoms with van der Waals surface area (Å²) >= 11 is 5.76. The summed E-state index contributed by atoms with van der Waals surface area (Å²) in [5, 5.41) is 3.10. The van der Waals surface area contributed by atoms with Crippen molar-refractivity contribution < 1.29 is 14.3 Å². The topological polar surface area (TPSA) is 68.3 Å². The first-order chi connectivity index (χ1) is 13.4. The fourth-order valence-electron chi connectivity index (χ4n) is 2.83. The predicted molar refractivity (Wildman–Crippen MR) is 108 cm³/mol. The van der Waals surface area contributed by atoms with E-state index in [0.717, 1.165) is 11.1 Å². The normalized spacial score (nSPS) is 11.5. The van der Waals surface area contributed by atoms with Crippen LogP contribution in [0.4, 0.5) is 5.69 Å². The van der Waals surface area contributed by atoms with Crippen LogP contribution in [0, 0.1) is 13.8 Å². The minimum absolute atomic E-state index is 0.213. The van der Waals surface area contributed by atoms with E-state index in [1.807, 2.05) is 38.1 Å². The van der Waals surface area contributed by atoms with Crippen LogP contribution in [-0.2, 0) is 9.53 Å². The fourth-order valence-corrected chi connectivity index (χ4v) is 2.94. The molecule has 0 saturated heterocycles. The molecule has 6 heteroatoms. The number of nitrogens with one attached hydrogen (secondary N) is 1. The molecule has 2 aromatic carbocycles. The lowest BCUT2D eigenvalue weighted by Gasteiger charge is -2.18. The number of aryl methyl sites for hydroxylation is 2. The van der Waals surface area contributed by atoms with Crippen molar-refractivity contribution in [3.8, 4) is 0 Å². The van der Waals surface area contributed by atoms with Crippen LogP contribution < -0.4 is 5.32 Å². The Morgan fingerprint density at radius 1 is 1.00 bits per heavy atom. The number of carbonyl (C=O) groups is 2. The van der Waals surface area contributed by atoms with E-state index >= 15 is 0 Å². The van der Waals surface area contributed by atoms with Crippen molar-refractivity contribution >= 4 is 29.2 Å². The zero-order valence-electron chi connectivity index (χ0n) is 15.5. The molecule has 0 spiro atoms. The number of esters is 1. The van der Waals surface area contributed by atoms with Gasteiger partial charge in [-0.2, -0.15) is 0 Å². The molecule has 0 aliphatic carbocycles. The lowest BCUT2D eigenvalue weighted by molar-refractivity contribution is -0.125. The molecule has 0 aliphatic heterocycles. The molecular weight excluding hydrogens is 376 g/mol. The lowest BCUT2D eigenvalue weighted by atomic mass is 10.1. The number of aromatic nitrogens is 1. The summed E-state index contributed by atoms with van der Waals surface area (Å²) in [5.41, 5.74) is 3.48. The molecule has 1 unspecified atom stereocenters. The van der Waals surface area contributed by atoms with Crippen LogP contribution in [0.1, 0.15) is 33.2 Å². The quantitative estimate of drug-likeness (QED) is 0.494. The lowest BCUT2D eigenvalue weighted by Crippen LogP contribution is -2.26. The van der Waals surface area contributed by atoms with Gasteiger partial charge in [0.25, 0.3) is 5.91 Å². The number of nitrogens with zero attached hydrogens (tertiary/aromatic N) is 1. The second kappa shape index (κ2) is 8.67. The summed E-state index contributed by atoms with van der Waals surface area (Å²) in [6.07, 6.45) is 0.208. The Labute approximate surface area is 168 Å². The van der Waals surface area contributed by atoms with E-state index in [4.69, 9.17) is 16.3 Å². The van der Waals surface area contributed by atoms with Crippen LogP contribution in [0.3, 0.4) is 0 Å². The first kappa shape index (κ1) is 19.6. The van der Waals surface area contributed by atoms with E-state index in [-0.39, 0.29) is 10.7 Å². The van der Waals surface area contributed by atoms with E-state index < -0.39 is 18.0 Å². The zero-order valence-corrected chi connectivity index (χ0v) is 16.2. The summed E-state index contributed by atoms with van der Waals surface area (Å²) in [6.45, 7) is 3.90. The van der Waals surface area contributed by atoms with Crippen molar-refractivity contribution in [2.45, 2.75) is 20.0 Å². The maximum atomic E-state index is 12.9. The van der Waals surface area contributed by atoms with Crippen LogP contribution in [0.25, 0.3) is 0 Å². The Balaban J connectivity index is 1.85. The molecule has 1 amide bonds. The summed E-state index contributed by atoms with van der Waals surface area (Å²) in [7, 11) is 0. The van der Waals surface area contributed by atoms with Crippen molar-refractivity contribution in [2.75, 3.05) is 5.32 Å². The molecule has 142 valence electrons. The molecule has 3 aromatic rings. The molecule has 3 rings (SSSR count). The maximum absolute atomic E-state index is 12.9. The monoisotopic (exact) mass is 394 g/mol. The SMILES string of the molecule is Cc1cc(C)cc(NC(=O)C(OC(=O)c2ccc(Cl)nc2)c2ccccc2)c1. The second-order valence-electron chi connectivity index (χ2n) is 6.43. The molecule has 1 atom stereocenters. The second-order valence-corrected chi connectivity index (χ2v) is 6.82. The van der Waals surface area contributed by atoms with Gasteiger partial charge in [-0.3, -0.25) is 4.79 Å². The number of anilines is 1. The molecule has 28 heavy (non-hydrogen) atoms. The van der Waals surface area contributed by atoms with Gasteiger partial charge in [-0.1, -0.05) is 48.0 Å². The Bertz CT molecular complexity index is 968. The Morgan fingerprint density at radius 2 is 1.68 bits per heavy atom. The Kier molecular flexibility index (Phi) is 6.06. The van der Waals surface area contributed by atoms with Crippen molar-refractivity contribution in [2.24, 2.45) is 0 Å². The third-order valence-electron chi connectivity index (χ3n) is 4.02. The third-order valence-corrected chi connectivity index (χ3v) is 4.24. The van der Waals surface area contributed by atoms with Gasteiger partial charge in [0.05, 0.1) is 5.56 Å². The molecule has 0 radical (unpaired) electrons. The molecular formula is C22H19ClN2O3. The maximum Gasteiger partial charge on any atom is 0.340 e. The number of halogens is 1. The number of hydrogen-bond donors (Lipinski definition) is 1. The van der Waals surface area contributed by atoms with E-state index in [2.05, 4.69) is 10.3 Å². The minimum atomic E-state index is -1.11. The molecule has 1 heterocycles. The summed E-state index contributed by atoms with van der Waals surface area (Å²) in [5.74, 6) is -1.10. The minimum Gasteiger partial charge on any atom is -0.444 e. The van der Waals surface area contributed by atoms with Crippen LogP contribution in [0.2, 0.25) is 5.15 Å². The molecule has 0 aliphatic rings. The number of benzene rings is 2.